The van der Waals surface area contributed by atoms with E-state index in [0.717, 1.165) is 31.6 Å². The molecule has 3 rings (SSSR count). The molecule has 0 atom stereocenters. The molecule has 0 fully saturated rings. The summed E-state index contributed by atoms with van der Waals surface area (Å²) in [6, 6.07) is 17.1. The van der Waals surface area contributed by atoms with Crippen LogP contribution < -0.4 is 14.4 Å². The second-order valence-corrected chi connectivity index (χ2v) is 7.87. The number of nitro groups is 1. The maximum Gasteiger partial charge on any atom is 0.269 e. The van der Waals surface area contributed by atoms with E-state index in [1.165, 1.54) is 44.2 Å². The van der Waals surface area contributed by atoms with Gasteiger partial charge in [-0.15, -0.1) is 10.2 Å². The van der Waals surface area contributed by atoms with E-state index in [9.17, 15) is 10.1 Å². The molecule has 36 heavy (non-hydrogen) atoms. The van der Waals surface area contributed by atoms with Crippen molar-refractivity contribution in [3.63, 3.8) is 0 Å². The fraction of sp³-hybridized carbons (Fsp3) is 0.308. The lowest BCUT2D eigenvalue weighted by molar-refractivity contribution is -0.384. The maximum atomic E-state index is 10.8. The fourth-order valence-corrected chi connectivity index (χ4v) is 3.53. The molecule has 0 saturated heterocycles. The van der Waals surface area contributed by atoms with Gasteiger partial charge >= 0.3 is 0 Å². The Hall–Kier alpha value is -4.34. The number of hydrogen-bond acceptors (Lipinski definition) is 9. The van der Waals surface area contributed by atoms with Crippen LogP contribution in [0.2, 0.25) is 0 Å². The van der Waals surface area contributed by atoms with Gasteiger partial charge in [-0.25, -0.2) is 0 Å². The molecule has 0 unspecified atom stereocenters. The van der Waals surface area contributed by atoms with Crippen molar-refractivity contribution in [3.05, 3.63) is 70.8 Å². The lowest BCUT2D eigenvalue weighted by Gasteiger charge is -2.23. The Balaban J connectivity index is 1.81. The molecule has 0 aliphatic carbocycles. The zero-order chi connectivity index (χ0) is 25.9. The number of azo groups is 2. The van der Waals surface area contributed by atoms with Crippen LogP contribution in [-0.2, 0) is 0 Å². The molecule has 3 aromatic carbocycles. The minimum Gasteiger partial charge on any atom is -0.494 e. The van der Waals surface area contributed by atoms with Crippen LogP contribution in [0.25, 0.3) is 0 Å². The molecular formula is C26H30N6O4. The van der Waals surface area contributed by atoms with Crippen LogP contribution in [-0.4, -0.2) is 32.2 Å². The molecule has 0 N–H and O–H groups in total. The first-order chi connectivity index (χ1) is 17.5. The topological polar surface area (TPSA) is 114 Å². The Morgan fingerprint density at radius 3 is 1.58 bits per heavy atom. The highest BCUT2D eigenvalue weighted by molar-refractivity contribution is 5.66. The van der Waals surface area contributed by atoms with Gasteiger partial charge in [0.15, 0.2) is 0 Å². The number of anilines is 1. The fourth-order valence-electron chi connectivity index (χ4n) is 3.53. The molecule has 10 heteroatoms. The molecular weight excluding hydrogens is 460 g/mol. The predicted molar refractivity (Wildman–Crippen MR) is 140 cm³/mol. The number of methoxy groups -OCH3 is 2. The lowest BCUT2D eigenvalue weighted by atomic mass is 10.2. The smallest absolute Gasteiger partial charge is 0.269 e. The summed E-state index contributed by atoms with van der Waals surface area (Å²) in [7, 11) is 3.05. The van der Waals surface area contributed by atoms with Crippen molar-refractivity contribution in [3.8, 4) is 11.5 Å². The SMILES string of the molecule is CCCN(CCC)c1ccc(N=Nc2cc(OC)c(N=Nc3ccc([N+](=O)[O-])cc3)cc2OC)cc1. The van der Waals surface area contributed by atoms with Crippen LogP contribution in [0, 0.1) is 10.1 Å². The first-order valence-corrected chi connectivity index (χ1v) is 11.7. The summed E-state index contributed by atoms with van der Waals surface area (Å²) >= 11 is 0. The Kier molecular flexibility index (Phi) is 9.44. The highest BCUT2D eigenvalue weighted by Crippen LogP contribution is 2.41. The molecule has 0 aliphatic heterocycles. The van der Waals surface area contributed by atoms with E-state index in [1.54, 1.807) is 12.1 Å². The van der Waals surface area contributed by atoms with Crippen molar-refractivity contribution in [2.24, 2.45) is 20.5 Å². The van der Waals surface area contributed by atoms with Crippen molar-refractivity contribution >= 4 is 34.1 Å². The summed E-state index contributed by atoms with van der Waals surface area (Å²) in [5.74, 6) is 0.881. The zero-order valence-electron chi connectivity index (χ0n) is 20.9. The van der Waals surface area contributed by atoms with Crippen LogP contribution in [0.5, 0.6) is 11.5 Å². The lowest BCUT2D eigenvalue weighted by Crippen LogP contribution is -2.24. The molecule has 0 spiro atoms. The van der Waals surface area contributed by atoms with Gasteiger partial charge in [0.2, 0.25) is 0 Å². The molecule has 10 nitrogen and oxygen atoms in total. The standard InChI is InChI=1S/C26H30N6O4/c1-5-15-31(16-6-2)21-11-7-19(8-12-21)27-29-23-17-26(36-4)24(18-25(23)35-3)30-28-20-9-13-22(14-10-20)32(33)34/h7-14,17-18H,5-6,15-16H2,1-4H3. The first kappa shape index (κ1) is 26.3. The molecule has 0 bridgehead atoms. The maximum absolute atomic E-state index is 10.8. The van der Waals surface area contributed by atoms with Crippen LogP contribution in [0.15, 0.2) is 81.1 Å². The number of nitro benzene ring substituents is 1. The number of rotatable bonds is 12. The van der Waals surface area contributed by atoms with Gasteiger partial charge < -0.3 is 14.4 Å². The van der Waals surface area contributed by atoms with Gasteiger partial charge in [-0.2, -0.15) is 10.2 Å². The highest BCUT2D eigenvalue weighted by Gasteiger charge is 2.12. The average Bonchev–Trinajstić information content (AvgIpc) is 2.91. The number of benzene rings is 3. The van der Waals surface area contributed by atoms with Crippen molar-refractivity contribution < 1.29 is 14.4 Å². The van der Waals surface area contributed by atoms with Gasteiger partial charge in [0.1, 0.15) is 22.9 Å². The monoisotopic (exact) mass is 490 g/mol. The van der Waals surface area contributed by atoms with Crippen LogP contribution in [0.4, 0.5) is 34.1 Å². The number of non-ortho nitro benzene ring substituents is 1. The van der Waals surface area contributed by atoms with Crippen LogP contribution in [0.3, 0.4) is 0 Å². The molecule has 3 aromatic rings. The van der Waals surface area contributed by atoms with Gasteiger partial charge in [0.05, 0.1) is 30.5 Å². The first-order valence-electron chi connectivity index (χ1n) is 11.7. The Morgan fingerprint density at radius 1 is 0.750 bits per heavy atom. The second-order valence-electron chi connectivity index (χ2n) is 7.87. The van der Waals surface area contributed by atoms with E-state index in [4.69, 9.17) is 9.47 Å². The quantitative estimate of drug-likeness (QED) is 0.145. The summed E-state index contributed by atoms with van der Waals surface area (Å²) in [6.07, 6.45) is 2.18. The van der Waals surface area contributed by atoms with Crippen LogP contribution in [0.1, 0.15) is 26.7 Å². The summed E-state index contributed by atoms with van der Waals surface area (Å²) in [5, 5.41) is 27.9. The average molecular weight is 491 g/mol. The van der Waals surface area contributed by atoms with Crippen molar-refractivity contribution in [1.82, 2.24) is 0 Å². The van der Waals surface area contributed by atoms with Gasteiger partial charge in [-0.05, 0) is 49.2 Å². The van der Waals surface area contributed by atoms with Gasteiger partial charge in [-0.1, -0.05) is 13.8 Å². The minimum atomic E-state index is -0.468. The summed E-state index contributed by atoms with van der Waals surface area (Å²) in [5.41, 5.74) is 3.23. The molecule has 0 saturated carbocycles. The molecule has 0 aliphatic rings. The van der Waals surface area contributed by atoms with Crippen molar-refractivity contribution in [2.75, 3.05) is 32.2 Å². The predicted octanol–water partition coefficient (Wildman–Crippen LogP) is 8.07. The van der Waals surface area contributed by atoms with E-state index >= 15 is 0 Å². The largest absolute Gasteiger partial charge is 0.494 e. The molecule has 188 valence electrons. The molecule has 0 heterocycles. The minimum absolute atomic E-state index is 0.0169. The molecule has 0 aromatic heterocycles. The molecule has 0 amide bonds. The third-order valence-corrected chi connectivity index (χ3v) is 5.29. The van der Waals surface area contributed by atoms with E-state index in [1.807, 2.05) is 12.1 Å². The second kappa shape index (κ2) is 12.9. The van der Waals surface area contributed by atoms with E-state index in [0.29, 0.717) is 28.6 Å². The number of ether oxygens (including phenoxy) is 2. The van der Waals surface area contributed by atoms with Gasteiger partial charge in [-0.3, -0.25) is 10.1 Å². The van der Waals surface area contributed by atoms with E-state index in [-0.39, 0.29) is 5.69 Å². The van der Waals surface area contributed by atoms with E-state index < -0.39 is 4.92 Å². The van der Waals surface area contributed by atoms with Gasteiger partial charge in [0.25, 0.3) is 5.69 Å². The normalized spacial score (nSPS) is 11.2. The Bertz CT molecular complexity index is 1200. The third-order valence-electron chi connectivity index (χ3n) is 5.29. The van der Waals surface area contributed by atoms with Crippen molar-refractivity contribution in [1.29, 1.82) is 0 Å². The van der Waals surface area contributed by atoms with E-state index in [2.05, 4.69) is 51.3 Å². The molecule has 0 radical (unpaired) electrons. The summed E-state index contributed by atoms with van der Waals surface area (Å²) in [6.45, 7) is 6.38. The Morgan fingerprint density at radius 2 is 1.19 bits per heavy atom. The number of nitrogens with zero attached hydrogens (tertiary/aromatic N) is 6. The summed E-state index contributed by atoms with van der Waals surface area (Å²) in [4.78, 5) is 12.7. The zero-order valence-corrected chi connectivity index (χ0v) is 20.9. The van der Waals surface area contributed by atoms with Crippen molar-refractivity contribution in [2.45, 2.75) is 26.7 Å². The van der Waals surface area contributed by atoms with Crippen LogP contribution >= 0.6 is 0 Å². The third kappa shape index (κ3) is 6.84. The summed E-state index contributed by atoms with van der Waals surface area (Å²) < 4.78 is 10.9. The highest BCUT2D eigenvalue weighted by atomic mass is 16.6. The van der Waals surface area contributed by atoms with Gasteiger partial charge in [0, 0.05) is 43.0 Å². The number of hydrogen-bond donors (Lipinski definition) is 0. The Labute approximate surface area is 210 Å².